The number of benzene rings is 4. The summed E-state index contributed by atoms with van der Waals surface area (Å²) in [5.41, 5.74) is 0.437. The molecule has 25 heavy (non-hydrogen) atoms. The van der Waals surface area contributed by atoms with Crippen molar-refractivity contribution in [2.45, 2.75) is 4.90 Å². The first-order valence-corrected chi connectivity index (χ1v) is 9.21. The van der Waals surface area contributed by atoms with Gasteiger partial charge in [0, 0.05) is 5.69 Å². The average molecular weight is 351 g/mol. The van der Waals surface area contributed by atoms with E-state index in [9.17, 15) is 12.8 Å². The molecule has 4 aromatic carbocycles. The quantitative estimate of drug-likeness (QED) is 0.532. The topological polar surface area (TPSA) is 46.2 Å². The number of hydrogen-bond acceptors (Lipinski definition) is 2. The first kappa shape index (κ1) is 15.6. The molecule has 5 heteroatoms. The van der Waals surface area contributed by atoms with E-state index in [0.717, 1.165) is 27.6 Å². The fourth-order valence-corrected chi connectivity index (χ4v) is 3.93. The summed E-state index contributed by atoms with van der Waals surface area (Å²) in [7, 11) is -3.84. The summed E-state index contributed by atoms with van der Waals surface area (Å²) in [5.74, 6) is -0.590. The maximum atomic E-state index is 13.3. The minimum atomic E-state index is -3.84. The highest BCUT2D eigenvalue weighted by Crippen LogP contribution is 2.26. The summed E-state index contributed by atoms with van der Waals surface area (Å²) in [6.45, 7) is 0. The Kier molecular flexibility index (Phi) is 3.66. The molecule has 0 aliphatic carbocycles. The Labute approximate surface area is 144 Å². The molecule has 0 aromatic heterocycles. The summed E-state index contributed by atoms with van der Waals surface area (Å²) in [6.07, 6.45) is 0. The van der Waals surface area contributed by atoms with E-state index in [4.69, 9.17) is 0 Å². The third-order valence-electron chi connectivity index (χ3n) is 4.06. The second kappa shape index (κ2) is 5.86. The van der Waals surface area contributed by atoms with E-state index in [-0.39, 0.29) is 4.90 Å². The zero-order chi connectivity index (χ0) is 17.4. The lowest BCUT2D eigenvalue weighted by Gasteiger charge is -2.10. The molecule has 0 saturated heterocycles. The smallest absolute Gasteiger partial charge is 0.261 e. The molecule has 0 aliphatic rings. The number of halogens is 1. The molecule has 0 fully saturated rings. The highest BCUT2D eigenvalue weighted by Gasteiger charge is 2.15. The van der Waals surface area contributed by atoms with Gasteiger partial charge in [-0.3, -0.25) is 4.72 Å². The number of hydrogen-bond donors (Lipinski definition) is 1. The summed E-state index contributed by atoms with van der Waals surface area (Å²) in [4.78, 5) is -0.105. The molecule has 0 bridgehead atoms. The SMILES string of the molecule is O=S(=O)(Nc1ccc2cc3ccccc3cc2c1)c1cccc(F)c1. The molecule has 0 radical (unpaired) electrons. The number of sulfonamides is 1. The first-order chi connectivity index (χ1) is 12.0. The van der Waals surface area contributed by atoms with Crippen LogP contribution in [0.25, 0.3) is 21.5 Å². The van der Waals surface area contributed by atoms with E-state index in [1.807, 2.05) is 36.4 Å². The van der Waals surface area contributed by atoms with Crippen LogP contribution in [0, 0.1) is 5.82 Å². The molecule has 124 valence electrons. The van der Waals surface area contributed by atoms with Crippen molar-refractivity contribution in [3.8, 4) is 0 Å². The second-order valence-electron chi connectivity index (χ2n) is 5.82. The van der Waals surface area contributed by atoms with Gasteiger partial charge in [0.2, 0.25) is 0 Å². The molecule has 0 amide bonds. The van der Waals surface area contributed by atoms with Gasteiger partial charge in [0.05, 0.1) is 4.90 Å². The molecular weight excluding hydrogens is 337 g/mol. The second-order valence-corrected chi connectivity index (χ2v) is 7.51. The largest absolute Gasteiger partial charge is 0.280 e. The minimum Gasteiger partial charge on any atom is -0.280 e. The van der Waals surface area contributed by atoms with Gasteiger partial charge in [-0.1, -0.05) is 36.4 Å². The molecule has 0 unspecified atom stereocenters. The first-order valence-electron chi connectivity index (χ1n) is 7.72. The normalized spacial score (nSPS) is 11.7. The van der Waals surface area contributed by atoms with Gasteiger partial charge in [-0.05, 0) is 64.0 Å². The van der Waals surface area contributed by atoms with Crippen LogP contribution in [0.5, 0.6) is 0 Å². The lowest BCUT2D eigenvalue weighted by molar-refractivity contribution is 0.595. The maximum absolute atomic E-state index is 13.3. The fraction of sp³-hybridized carbons (Fsp3) is 0. The van der Waals surface area contributed by atoms with Gasteiger partial charge in [0.25, 0.3) is 10.0 Å². The highest BCUT2D eigenvalue weighted by atomic mass is 32.2. The van der Waals surface area contributed by atoms with Crippen LogP contribution in [-0.2, 0) is 10.0 Å². The predicted molar refractivity (Wildman–Crippen MR) is 98.7 cm³/mol. The van der Waals surface area contributed by atoms with Crippen LogP contribution >= 0.6 is 0 Å². The minimum absolute atomic E-state index is 0.105. The summed E-state index contributed by atoms with van der Waals surface area (Å²) in [5, 5.41) is 4.16. The summed E-state index contributed by atoms with van der Waals surface area (Å²) >= 11 is 0. The van der Waals surface area contributed by atoms with Crippen molar-refractivity contribution < 1.29 is 12.8 Å². The monoisotopic (exact) mass is 351 g/mol. The van der Waals surface area contributed by atoms with Crippen molar-refractivity contribution in [2.75, 3.05) is 4.72 Å². The van der Waals surface area contributed by atoms with Crippen molar-refractivity contribution in [2.24, 2.45) is 0 Å². The number of nitrogens with one attached hydrogen (secondary N) is 1. The highest BCUT2D eigenvalue weighted by molar-refractivity contribution is 7.92. The zero-order valence-corrected chi connectivity index (χ0v) is 13.9. The van der Waals surface area contributed by atoms with Gasteiger partial charge in [-0.2, -0.15) is 0 Å². The Balaban J connectivity index is 1.75. The molecule has 0 atom stereocenters. The Morgan fingerprint density at radius 3 is 2.08 bits per heavy atom. The van der Waals surface area contributed by atoms with Crippen LogP contribution in [0.15, 0.2) is 83.8 Å². The molecule has 0 aliphatic heterocycles. The lowest BCUT2D eigenvalue weighted by atomic mass is 10.0. The average Bonchev–Trinajstić information content (AvgIpc) is 2.59. The van der Waals surface area contributed by atoms with Crippen LogP contribution in [0.3, 0.4) is 0 Å². The maximum Gasteiger partial charge on any atom is 0.261 e. The van der Waals surface area contributed by atoms with Gasteiger partial charge < -0.3 is 0 Å². The Hall–Kier alpha value is -2.92. The fourth-order valence-electron chi connectivity index (χ4n) is 2.85. The molecule has 4 rings (SSSR count). The lowest BCUT2D eigenvalue weighted by Crippen LogP contribution is -2.13. The Morgan fingerprint density at radius 1 is 0.680 bits per heavy atom. The van der Waals surface area contributed by atoms with E-state index in [2.05, 4.69) is 10.8 Å². The third kappa shape index (κ3) is 3.06. The van der Waals surface area contributed by atoms with E-state index < -0.39 is 15.8 Å². The van der Waals surface area contributed by atoms with E-state index in [1.54, 1.807) is 12.1 Å². The van der Waals surface area contributed by atoms with Crippen molar-refractivity contribution in [3.05, 3.63) is 84.7 Å². The summed E-state index contributed by atoms with van der Waals surface area (Å²) in [6, 6.07) is 22.4. The van der Waals surface area contributed by atoms with Gasteiger partial charge in [0.15, 0.2) is 0 Å². The van der Waals surface area contributed by atoms with Gasteiger partial charge in [0.1, 0.15) is 5.82 Å². The van der Waals surface area contributed by atoms with Crippen molar-refractivity contribution in [1.82, 2.24) is 0 Å². The number of anilines is 1. The van der Waals surface area contributed by atoms with Crippen molar-refractivity contribution in [1.29, 1.82) is 0 Å². The van der Waals surface area contributed by atoms with Crippen molar-refractivity contribution >= 4 is 37.3 Å². The third-order valence-corrected chi connectivity index (χ3v) is 5.44. The molecular formula is C20H14FNO2S. The van der Waals surface area contributed by atoms with Crippen molar-refractivity contribution in [3.63, 3.8) is 0 Å². The van der Waals surface area contributed by atoms with E-state index in [0.29, 0.717) is 5.69 Å². The zero-order valence-electron chi connectivity index (χ0n) is 13.1. The molecule has 4 aromatic rings. The van der Waals surface area contributed by atoms with Crippen LogP contribution in [0.2, 0.25) is 0 Å². The van der Waals surface area contributed by atoms with E-state index >= 15 is 0 Å². The van der Waals surface area contributed by atoms with E-state index in [1.165, 1.54) is 18.2 Å². The van der Waals surface area contributed by atoms with Gasteiger partial charge >= 0.3 is 0 Å². The Morgan fingerprint density at radius 2 is 1.36 bits per heavy atom. The molecule has 0 saturated carbocycles. The molecule has 3 nitrogen and oxygen atoms in total. The van der Waals surface area contributed by atoms with Gasteiger partial charge in [-0.15, -0.1) is 0 Å². The van der Waals surface area contributed by atoms with Crippen LogP contribution < -0.4 is 4.72 Å². The predicted octanol–water partition coefficient (Wildman–Crippen LogP) is 4.93. The number of fused-ring (bicyclic) bond motifs is 2. The Bertz CT molecular complexity index is 1200. The molecule has 1 N–H and O–H groups in total. The number of rotatable bonds is 3. The van der Waals surface area contributed by atoms with Crippen LogP contribution in [0.1, 0.15) is 0 Å². The standard InChI is InChI=1S/C20H14FNO2S/c21-18-6-3-7-20(13-18)25(23,24)22-19-9-8-16-10-14-4-1-2-5-15(14)11-17(16)12-19/h1-13,22H. The summed E-state index contributed by atoms with van der Waals surface area (Å²) < 4.78 is 40.7. The van der Waals surface area contributed by atoms with Crippen LogP contribution in [0.4, 0.5) is 10.1 Å². The molecule has 0 spiro atoms. The van der Waals surface area contributed by atoms with Crippen LogP contribution in [-0.4, -0.2) is 8.42 Å². The van der Waals surface area contributed by atoms with Gasteiger partial charge in [-0.25, -0.2) is 12.8 Å². The molecule has 0 heterocycles.